The van der Waals surface area contributed by atoms with Crippen molar-refractivity contribution in [1.29, 1.82) is 0 Å². The number of methoxy groups -OCH3 is 1. The van der Waals surface area contributed by atoms with Gasteiger partial charge in [0.25, 0.3) is 0 Å². The topological polar surface area (TPSA) is 71.3 Å². The standard InChI is InChI=1S/C25H45NO4/c1-12-21-24(8,9)23(27)19(6)22(26-28)16(3)14-25(10,29-11)17(4)13-15(2)18(5)20(7)30-21/h16-19,21,23,27-28H,2,7,12-14H2,1,3-6,8-11H3/b26-22+/t16-,17-,18-,19?,21-,23?,25-/m1/s1. The highest BCUT2D eigenvalue weighted by atomic mass is 16.5. The third-order valence-electron chi connectivity index (χ3n) is 7.70. The van der Waals surface area contributed by atoms with Crippen LogP contribution in [0, 0.1) is 29.1 Å². The average Bonchev–Trinajstić information content (AvgIpc) is 2.69. The summed E-state index contributed by atoms with van der Waals surface area (Å²) in [7, 11) is 1.73. The molecule has 2 N–H and O–H groups in total. The lowest BCUT2D eigenvalue weighted by Gasteiger charge is -2.43. The highest BCUT2D eigenvalue weighted by Gasteiger charge is 2.44. The van der Waals surface area contributed by atoms with Crippen LogP contribution in [0.5, 0.6) is 0 Å². The van der Waals surface area contributed by atoms with Crippen LogP contribution in [0.25, 0.3) is 0 Å². The molecule has 0 radical (unpaired) electrons. The lowest BCUT2D eigenvalue weighted by atomic mass is 9.70. The zero-order valence-corrected chi connectivity index (χ0v) is 20.7. The minimum absolute atomic E-state index is 0.00269. The lowest BCUT2D eigenvalue weighted by Crippen LogP contribution is -2.48. The second-order valence-electron chi connectivity index (χ2n) is 10.2. The van der Waals surface area contributed by atoms with Crippen LogP contribution in [0.4, 0.5) is 0 Å². The fraction of sp³-hybridized carbons (Fsp3) is 0.800. The first-order valence-corrected chi connectivity index (χ1v) is 11.2. The fourth-order valence-electron chi connectivity index (χ4n) is 4.89. The number of nitrogens with zero attached hydrogens (tertiary/aromatic N) is 1. The summed E-state index contributed by atoms with van der Waals surface area (Å²) in [6.07, 6.45) is 1.21. The Bertz CT molecular complexity index is 641. The van der Waals surface area contributed by atoms with Gasteiger partial charge in [0.05, 0.1) is 23.2 Å². The molecular weight excluding hydrogens is 378 g/mol. The second-order valence-corrected chi connectivity index (χ2v) is 10.2. The maximum absolute atomic E-state index is 11.3. The number of aliphatic hydroxyl groups is 1. The van der Waals surface area contributed by atoms with E-state index in [4.69, 9.17) is 9.47 Å². The molecule has 1 rings (SSSR count). The molecule has 1 aliphatic rings. The summed E-state index contributed by atoms with van der Waals surface area (Å²) in [6, 6.07) is 0. The Hall–Kier alpha value is -1.33. The fourth-order valence-corrected chi connectivity index (χ4v) is 4.89. The minimum Gasteiger partial charge on any atom is -0.494 e. The number of hydrogen-bond acceptors (Lipinski definition) is 5. The van der Waals surface area contributed by atoms with Gasteiger partial charge in [0.15, 0.2) is 0 Å². The van der Waals surface area contributed by atoms with Crippen molar-refractivity contribution in [2.75, 3.05) is 7.11 Å². The van der Waals surface area contributed by atoms with Crippen LogP contribution in [-0.2, 0) is 9.47 Å². The van der Waals surface area contributed by atoms with E-state index in [0.29, 0.717) is 17.9 Å². The van der Waals surface area contributed by atoms with Gasteiger partial charge in [-0.15, -0.1) is 0 Å². The SMILES string of the molecule is C=C1C[C@@H](C)[C@](C)(OC)C[C@@H](C)/C(=N\O)C(C)C(O)C(C)(C)[C@@H](CC)OC(=C)[C@@H]1C. The summed E-state index contributed by atoms with van der Waals surface area (Å²) in [6.45, 7) is 24.9. The monoisotopic (exact) mass is 423 g/mol. The summed E-state index contributed by atoms with van der Waals surface area (Å²) < 4.78 is 12.3. The molecule has 1 saturated heterocycles. The van der Waals surface area contributed by atoms with Gasteiger partial charge in [-0.25, -0.2) is 0 Å². The largest absolute Gasteiger partial charge is 0.494 e. The molecule has 5 heteroatoms. The van der Waals surface area contributed by atoms with Crippen molar-refractivity contribution < 1.29 is 19.8 Å². The van der Waals surface area contributed by atoms with E-state index in [1.807, 2.05) is 27.7 Å². The molecule has 2 unspecified atom stereocenters. The van der Waals surface area contributed by atoms with Crippen LogP contribution in [-0.4, -0.2) is 40.9 Å². The van der Waals surface area contributed by atoms with Crippen molar-refractivity contribution in [3.05, 3.63) is 24.5 Å². The maximum atomic E-state index is 11.3. The summed E-state index contributed by atoms with van der Waals surface area (Å²) in [4.78, 5) is 0. The van der Waals surface area contributed by atoms with Crippen molar-refractivity contribution >= 4 is 5.71 Å². The Morgan fingerprint density at radius 2 is 1.73 bits per heavy atom. The van der Waals surface area contributed by atoms with Gasteiger partial charge in [0.2, 0.25) is 0 Å². The van der Waals surface area contributed by atoms with Gasteiger partial charge >= 0.3 is 0 Å². The average molecular weight is 424 g/mol. The Morgan fingerprint density at radius 1 is 1.17 bits per heavy atom. The van der Waals surface area contributed by atoms with E-state index in [-0.39, 0.29) is 29.8 Å². The summed E-state index contributed by atoms with van der Waals surface area (Å²) >= 11 is 0. The van der Waals surface area contributed by atoms with Crippen molar-refractivity contribution in [1.82, 2.24) is 0 Å². The zero-order chi connectivity index (χ0) is 23.4. The molecule has 1 aliphatic heterocycles. The molecule has 1 heterocycles. The summed E-state index contributed by atoms with van der Waals surface area (Å²) in [5, 5.41) is 24.8. The molecule has 1 fully saturated rings. The smallest absolute Gasteiger partial charge is 0.105 e. The van der Waals surface area contributed by atoms with Gasteiger partial charge in [-0.3, -0.25) is 0 Å². The Kier molecular flexibility index (Phi) is 9.19. The quantitative estimate of drug-likeness (QED) is 0.334. The third kappa shape index (κ3) is 5.47. The first-order valence-electron chi connectivity index (χ1n) is 11.2. The molecule has 174 valence electrons. The molecule has 30 heavy (non-hydrogen) atoms. The third-order valence-corrected chi connectivity index (χ3v) is 7.70. The minimum atomic E-state index is -0.753. The number of allylic oxidation sites excluding steroid dienone is 1. The number of ether oxygens (including phenoxy) is 2. The summed E-state index contributed by atoms with van der Waals surface area (Å²) in [5.41, 5.74) is 0.633. The number of aliphatic hydroxyl groups excluding tert-OH is 1. The van der Waals surface area contributed by atoms with Crippen LogP contribution < -0.4 is 0 Å². The maximum Gasteiger partial charge on any atom is 0.105 e. The highest BCUT2D eigenvalue weighted by molar-refractivity contribution is 5.88. The van der Waals surface area contributed by atoms with E-state index in [9.17, 15) is 10.3 Å². The van der Waals surface area contributed by atoms with E-state index in [1.54, 1.807) is 7.11 Å². The Labute approximate surface area is 184 Å². The summed E-state index contributed by atoms with van der Waals surface area (Å²) in [5.74, 6) is 0.467. The van der Waals surface area contributed by atoms with Crippen LogP contribution in [0.2, 0.25) is 0 Å². The van der Waals surface area contributed by atoms with Gasteiger partial charge < -0.3 is 19.8 Å². The van der Waals surface area contributed by atoms with Crippen LogP contribution in [0.15, 0.2) is 29.6 Å². The number of rotatable bonds is 2. The zero-order valence-electron chi connectivity index (χ0n) is 20.7. The normalized spacial score (nSPS) is 40.7. The number of hydrogen-bond donors (Lipinski definition) is 2. The molecule has 0 spiro atoms. The first-order chi connectivity index (χ1) is 13.8. The molecule has 0 aromatic heterocycles. The molecule has 0 bridgehead atoms. The van der Waals surface area contributed by atoms with Gasteiger partial charge in [-0.2, -0.15) is 0 Å². The van der Waals surface area contributed by atoms with E-state index < -0.39 is 17.1 Å². The Balaban J connectivity index is 3.48. The molecule has 0 amide bonds. The Morgan fingerprint density at radius 3 is 2.20 bits per heavy atom. The van der Waals surface area contributed by atoms with Crippen LogP contribution >= 0.6 is 0 Å². The van der Waals surface area contributed by atoms with Gasteiger partial charge in [-0.05, 0) is 32.1 Å². The first kappa shape index (κ1) is 26.7. The van der Waals surface area contributed by atoms with Gasteiger partial charge in [0, 0.05) is 30.3 Å². The van der Waals surface area contributed by atoms with E-state index in [1.165, 1.54) is 0 Å². The molecule has 5 nitrogen and oxygen atoms in total. The predicted octanol–water partition coefficient (Wildman–Crippen LogP) is 5.81. The van der Waals surface area contributed by atoms with E-state index in [0.717, 1.165) is 18.4 Å². The van der Waals surface area contributed by atoms with Crippen molar-refractivity contribution in [2.24, 2.45) is 34.2 Å². The van der Waals surface area contributed by atoms with Crippen LogP contribution in [0.1, 0.15) is 74.7 Å². The molecule has 0 aromatic carbocycles. The molecule has 0 saturated carbocycles. The van der Waals surface area contributed by atoms with Crippen LogP contribution in [0.3, 0.4) is 0 Å². The lowest BCUT2D eigenvalue weighted by molar-refractivity contribution is -0.0802. The van der Waals surface area contributed by atoms with Gasteiger partial charge in [0.1, 0.15) is 6.10 Å². The second kappa shape index (κ2) is 10.3. The predicted molar refractivity (Wildman–Crippen MR) is 124 cm³/mol. The van der Waals surface area contributed by atoms with Crippen molar-refractivity contribution in [3.63, 3.8) is 0 Å². The number of oxime groups is 1. The molecule has 0 aliphatic carbocycles. The van der Waals surface area contributed by atoms with Crippen molar-refractivity contribution in [3.8, 4) is 0 Å². The molecule has 0 aromatic rings. The highest BCUT2D eigenvalue weighted by Crippen LogP contribution is 2.41. The molecular formula is C25H45NO4. The van der Waals surface area contributed by atoms with Gasteiger partial charge in [-0.1, -0.05) is 72.4 Å². The molecule has 7 atom stereocenters. The van der Waals surface area contributed by atoms with E-state index >= 15 is 0 Å². The van der Waals surface area contributed by atoms with E-state index in [2.05, 4.69) is 46.0 Å². The van der Waals surface area contributed by atoms with Crippen molar-refractivity contribution in [2.45, 2.75) is 92.5 Å².